The number of thiazole rings is 1. The lowest BCUT2D eigenvalue weighted by Gasteiger charge is -2.26. The smallest absolute Gasteiger partial charge is 0.254 e. The number of methoxy groups -OCH3 is 2. The average molecular weight is 455 g/mol. The van der Waals surface area contributed by atoms with Gasteiger partial charge in [0.25, 0.3) is 5.91 Å². The Balaban J connectivity index is 1.47. The van der Waals surface area contributed by atoms with Crippen LogP contribution in [0.3, 0.4) is 0 Å². The van der Waals surface area contributed by atoms with Crippen molar-refractivity contribution >= 4 is 29.0 Å². The standard InChI is InChI=1S/C24H26N2O3S2/c1-16-25-18(14-30-16)15-31-20-9-6-17(7-10-20)24(27)26-12-4-5-22(26)21-11-8-19(28-2)13-23(21)29-3/h6-11,13-14,22H,4-5,12,15H2,1-3H3. The van der Waals surface area contributed by atoms with E-state index in [0.29, 0.717) is 5.56 Å². The van der Waals surface area contributed by atoms with Gasteiger partial charge in [-0.3, -0.25) is 4.79 Å². The quantitative estimate of drug-likeness (QED) is 0.426. The fourth-order valence-electron chi connectivity index (χ4n) is 3.92. The summed E-state index contributed by atoms with van der Waals surface area (Å²) in [6.07, 6.45) is 1.90. The maximum Gasteiger partial charge on any atom is 0.254 e. The minimum atomic E-state index is 0.00955. The van der Waals surface area contributed by atoms with Crippen molar-refractivity contribution in [1.29, 1.82) is 0 Å². The molecule has 0 aliphatic carbocycles. The van der Waals surface area contributed by atoms with E-state index in [1.165, 1.54) is 0 Å². The second kappa shape index (κ2) is 9.75. The highest BCUT2D eigenvalue weighted by atomic mass is 32.2. The minimum Gasteiger partial charge on any atom is -0.497 e. The lowest BCUT2D eigenvalue weighted by atomic mass is 10.0. The molecule has 0 N–H and O–H groups in total. The predicted octanol–water partition coefficient (Wildman–Crippen LogP) is 5.74. The Morgan fingerprint density at radius 1 is 1.19 bits per heavy atom. The highest BCUT2D eigenvalue weighted by Crippen LogP contribution is 2.39. The minimum absolute atomic E-state index is 0.00955. The van der Waals surface area contributed by atoms with Gasteiger partial charge >= 0.3 is 0 Å². The van der Waals surface area contributed by atoms with Gasteiger partial charge in [-0.1, -0.05) is 0 Å². The number of likely N-dealkylation sites (tertiary alicyclic amines) is 1. The molecule has 7 heteroatoms. The maximum atomic E-state index is 13.3. The van der Waals surface area contributed by atoms with Gasteiger partial charge in [-0.2, -0.15) is 0 Å². The van der Waals surface area contributed by atoms with Crippen LogP contribution in [0.4, 0.5) is 0 Å². The van der Waals surface area contributed by atoms with E-state index in [0.717, 1.165) is 57.8 Å². The Labute approximate surface area is 191 Å². The highest BCUT2D eigenvalue weighted by molar-refractivity contribution is 7.98. The highest BCUT2D eigenvalue weighted by Gasteiger charge is 2.32. The number of thioether (sulfide) groups is 1. The van der Waals surface area contributed by atoms with Gasteiger partial charge in [-0.25, -0.2) is 4.98 Å². The molecule has 2 heterocycles. The van der Waals surface area contributed by atoms with Gasteiger partial charge in [-0.15, -0.1) is 23.1 Å². The molecule has 0 saturated carbocycles. The predicted molar refractivity (Wildman–Crippen MR) is 125 cm³/mol. The SMILES string of the molecule is COc1ccc(C2CCCN2C(=O)c2ccc(SCc3csc(C)n3)cc2)c(OC)c1. The van der Waals surface area contributed by atoms with E-state index in [9.17, 15) is 4.79 Å². The summed E-state index contributed by atoms with van der Waals surface area (Å²) in [6, 6.07) is 13.7. The zero-order chi connectivity index (χ0) is 21.8. The van der Waals surface area contributed by atoms with Crippen molar-refractivity contribution in [3.8, 4) is 11.5 Å². The molecule has 0 spiro atoms. The molecule has 1 amide bonds. The summed E-state index contributed by atoms with van der Waals surface area (Å²) in [5, 5.41) is 3.19. The van der Waals surface area contributed by atoms with Crippen LogP contribution in [0.15, 0.2) is 52.7 Å². The number of aryl methyl sites for hydroxylation is 1. The molecule has 2 aromatic carbocycles. The van der Waals surface area contributed by atoms with Crippen LogP contribution in [0.2, 0.25) is 0 Å². The van der Waals surface area contributed by atoms with Crippen LogP contribution >= 0.6 is 23.1 Å². The second-order valence-corrected chi connectivity index (χ2v) is 9.55. The number of nitrogens with zero attached hydrogens (tertiary/aromatic N) is 2. The molecule has 1 fully saturated rings. The van der Waals surface area contributed by atoms with E-state index in [1.807, 2.05) is 54.3 Å². The van der Waals surface area contributed by atoms with Crippen molar-refractivity contribution in [2.45, 2.75) is 36.5 Å². The van der Waals surface area contributed by atoms with Crippen molar-refractivity contribution in [2.75, 3.05) is 20.8 Å². The number of rotatable bonds is 7. The fourth-order valence-corrected chi connectivity index (χ4v) is 5.43. The van der Waals surface area contributed by atoms with Gasteiger partial charge in [-0.05, 0) is 56.2 Å². The van der Waals surface area contributed by atoms with Gasteiger partial charge in [0.2, 0.25) is 0 Å². The molecular weight excluding hydrogens is 428 g/mol. The number of carbonyl (C=O) groups is 1. The summed E-state index contributed by atoms with van der Waals surface area (Å²) in [5.41, 5.74) is 2.84. The molecular formula is C24H26N2O3S2. The van der Waals surface area contributed by atoms with Crippen molar-refractivity contribution in [2.24, 2.45) is 0 Å². The first-order valence-electron chi connectivity index (χ1n) is 10.3. The van der Waals surface area contributed by atoms with E-state index in [4.69, 9.17) is 9.47 Å². The van der Waals surface area contributed by atoms with Gasteiger partial charge < -0.3 is 14.4 Å². The van der Waals surface area contributed by atoms with E-state index < -0.39 is 0 Å². The molecule has 1 aromatic heterocycles. The third kappa shape index (κ3) is 4.88. The Bertz CT molecular complexity index is 1050. The van der Waals surface area contributed by atoms with Gasteiger partial charge in [0.15, 0.2) is 0 Å². The molecule has 1 atom stereocenters. The first kappa shape index (κ1) is 21.7. The van der Waals surface area contributed by atoms with Gasteiger partial charge in [0.1, 0.15) is 11.5 Å². The monoisotopic (exact) mass is 454 g/mol. The molecule has 1 aliphatic rings. The van der Waals surface area contributed by atoms with Crippen molar-refractivity contribution in [3.05, 3.63) is 69.7 Å². The summed E-state index contributed by atoms with van der Waals surface area (Å²) in [4.78, 5) is 20.9. The Kier molecular flexibility index (Phi) is 6.83. The molecule has 4 rings (SSSR count). The molecule has 0 bridgehead atoms. The summed E-state index contributed by atoms with van der Waals surface area (Å²) in [7, 11) is 3.29. The second-order valence-electron chi connectivity index (χ2n) is 7.44. The Hall–Kier alpha value is -2.51. The number of hydrogen-bond acceptors (Lipinski definition) is 6. The summed E-state index contributed by atoms with van der Waals surface area (Å²) >= 11 is 3.41. The zero-order valence-electron chi connectivity index (χ0n) is 18.0. The number of amides is 1. The number of benzene rings is 2. The van der Waals surface area contributed by atoms with Crippen LogP contribution in [-0.2, 0) is 5.75 Å². The van der Waals surface area contributed by atoms with Gasteiger partial charge in [0, 0.05) is 39.8 Å². The van der Waals surface area contributed by atoms with Crippen LogP contribution in [0.5, 0.6) is 11.5 Å². The van der Waals surface area contributed by atoms with Crippen molar-refractivity contribution in [1.82, 2.24) is 9.88 Å². The third-order valence-electron chi connectivity index (χ3n) is 5.47. The van der Waals surface area contributed by atoms with Gasteiger partial charge in [0.05, 0.1) is 31.0 Å². The van der Waals surface area contributed by atoms with Crippen LogP contribution in [0.1, 0.15) is 45.5 Å². The average Bonchev–Trinajstić information content (AvgIpc) is 3.46. The van der Waals surface area contributed by atoms with Crippen LogP contribution in [0, 0.1) is 6.92 Å². The molecule has 5 nitrogen and oxygen atoms in total. The van der Waals surface area contributed by atoms with Crippen molar-refractivity contribution in [3.63, 3.8) is 0 Å². The van der Waals surface area contributed by atoms with Crippen LogP contribution in [0.25, 0.3) is 0 Å². The van der Waals surface area contributed by atoms with Crippen LogP contribution < -0.4 is 9.47 Å². The summed E-state index contributed by atoms with van der Waals surface area (Å²) < 4.78 is 10.9. The topological polar surface area (TPSA) is 51.7 Å². The molecule has 3 aromatic rings. The third-order valence-corrected chi connectivity index (χ3v) is 7.34. The molecule has 1 unspecified atom stereocenters. The first-order chi connectivity index (χ1) is 15.1. The molecule has 1 aliphatic heterocycles. The normalized spacial score (nSPS) is 15.8. The largest absolute Gasteiger partial charge is 0.497 e. The number of ether oxygens (including phenoxy) is 2. The van der Waals surface area contributed by atoms with E-state index in [1.54, 1.807) is 37.3 Å². The maximum absolute atomic E-state index is 13.3. The lowest BCUT2D eigenvalue weighted by molar-refractivity contribution is 0.0734. The molecule has 1 saturated heterocycles. The molecule has 31 heavy (non-hydrogen) atoms. The van der Waals surface area contributed by atoms with E-state index >= 15 is 0 Å². The van der Waals surface area contributed by atoms with Crippen LogP contribution in [-0.4, -0.2) is 36.6 Å². The molecule has 162 valence electrons. The Morgan fingerprint density at radius 2 is 2.00 bits per heavy atom. The lowest BCUT2D eigenvalue weighted by Crippen LogP contribution is -2.30. The number of hydrogen-bond donors (Lipinski definition) is 0. The van der Waals surface area contributed by atoms with E-state index in [-0.39, 0.29) is 11.9 Å². The fraction of sp³-hybridized carbons (Fsp3) is 0.333. The van der Waals surface area contributed by atoms with Crippen molar-refractivity contribution < 1.29 is 14.3 Å². The van der Waals surface area contributed by atoms with E-state index in [2.05, 4.69) is 10.4 Å². The first-order valence-corrected chi connectivity index (χ1v) is 12.1. The molecule has 0 radical (unpaired) electrons. The zero-order valence-corrected chi connectivity index (χ0v) is 19.6. The Morgan fingerprint density at radius 3 is 2.68 bits per heavy atom. The number of aromatic nitrogens is 1. The number of carbonyl (C=O) groups excluding carboxylic acids is 1. The summed E-state index contributed by atoms with van der Waals surface area (Å²) in [5.74, 6) is 2.40. The summed E-state index contributed by atoms with van der Waals surface area (Å²) in [6.45, 7) is 2.77.